The van der Waals surface area contributed by atoms with Crippen LogP contribution >= 0.6 is 11.6 Å². The third-order valence-corrected chi connectivity index (χ3v) is 3.75. The molecule has 0 amide bonds. The molecule has 16 heavy (non-hydrogen) atoms. The van der Waals surface area contributed by atoms with Gasteiger partial charge >= 0.3 is 6.01 Å². The number of hydrogen-bond donors (Lipinski definition) is 1. The molecule has 88 valence electrons. The number of halogens is 1. The molecule has 0 aliphatic heterocycles. The predicted molar refractivity (Wildman–Crippen MR) is 61.3 cm³/mol. The van der Waals surface area contributed by atoms with Crippen LogP contribution in [0.5, 0.6) is 0 Å². The minimum Gasteiger partial charge on any atom is -0.407 e. The minimum atomic E-state index is 0.281. The van der Waals surface area contributed by atoms with Gasteiger partial charge in [-0.25, -0.2) is 0 Å². The monoisotopic (exact) mass is 241 g/mol. The number of anilines is 1. The smallest absolute Gasteiger partial charge is 0.315 e. The largest absolute Gasteiger partial charge is 0.407 e. The summed E-state index contributed by atoms with van der Waals surface area (Å²) in [6, 6.07) is 0.516. The highest BCUT2D eigenvalue weighted by molar-refractivity contribution is 6.16. The van der Waals surface area contributed by atoms with Crippen molar-refractivity contribution in [2.45, 2.75) is 31.6 Å². The lowest BCUT2D eigenvalue weighted by Crippen LogP contribution is -2.18. The van der Waals surface area contributed by atoms with Crippen LogP contribution in [-0.2, 0) is 5.88 Å². The van der Waals surface area contributed by atoms with Crippen LogP contribution in [-0.4, -0.2) is 16.7 Å². The van der Waals surface area contributed by atoms with Crippen LogP contribution < -0.4 is 5.32 Å². The second-order valence-electron chi connectivity index (χ2n) is 4.85. The zero-order chi connectivity index (χ0) is 11.0. The molecule has 0 atom stereocenters. The van der Waals surface area contributed by atoms with Gasteiger partial charge in [0.2, 0.25) is 5.89 Å². The summed E-state index contributed by atoms with van der Waals surface area (Å²) in [6.07, 6.45) is 5.61. The van der Waals surface area contributed by atoms with Gasteiger partial charge in [-0.15, -0.1) is 16.7 Å². The molecule has 1 heterocycles. The summed E-state index contributed by atoms with van der Waals surface area (Å²) >= 11 is 5.60. The normalized spacial score (nSPS) is 20.4. The molecule has 1 aromatic rings. The van der Waals surface area contributed by atoms with Crippen molar-refractivity contribution in [3.8, 4) is 0 Å². The summed E-state index contributed by atoms with van der Waals surface area (Å²) in [6.45, 7) is 0.971. The molecule has 2 fully saturated rings. The average molecular weight is 242 g/mol. The molecule has 0 saturated heterocycles. The molecule has 0 aromatic carbocycles. The maximum atomic E-state index is 5.60. The van der Waals surface area contributed by atoms with Crippen LogP contribution in [0.4, 0.5) is 6.01 Å². The second kappa shape index (κ2) is 4.24. The van der Waals surface area contributed by atoms with Gasteiger partial charge in [0, 0.05) is 6.54 Å². The van der Waals surface area contributed by atoms with E-state index in [1.54, 1.807) is 0 Å². The highest BCUT2D eigenvalue weighted by Gasteiger charge is 2.41. The van der Waals surface area contributed by atoms with Crippen LogP contribution in [0.25, 0.3) is 0 Å². The molecule has 0 radical (unpaired) electrons. The van der Waals surface area contributed by atoms with Gasteiger partial charge in [0.15, 0.2) is 0 Å². The Kier molecular flexibility index (Phi) is 2.75. The Labute approximate surface area is 99.8 Å². The molecule has 4 nitrogen and oxygen atoms in total. The van der Waals surface area contributed by atoms with Crippen molar-refractivity contribution in [3.63, 3.8) is 0 Å². The van der Waals surface area contributed by atoms with Gasteiger partial charge in [-0.3, -0.25) is 0 Å². The van der Waals surface area contributed by atoms with Gasteiger partial charge in [-0.2, -0.15) is 0 Å². The molecule has 1 N–H and O–H groups in total. The van der Waals surface area contributed by atoms with Crippen molar-refractivity contribution in [2.75, 3.05) is 11.9 Å². The Morgan fingerprint density at radius 3 is 2.44 bits per heavy atom. The van der Waals surface area contributed by atoms with Crippen molar-refractivity contribution >= 4 is 17.6 Å². The Bertz CT molecular complexity index is 348. The lowest BCUT2D eigenvalue weighted by molar-refractivity contribution is 0.420. The molecule has 0 unspecified atom stereocenters. The summed E-state index contributed by atoms with van der Waals surface area (Å²) < 4.78 is 5.32. The van der Waals surface area contributed by atoms with E-state index in [-0.39, 0.29) is 5.88 Å². The molecule has 0 spiro atoms. The number of alkyl halides is 1. The number of nitrogens with one attached hydrogen (secondary N) is 1. The SMILES string of the molecule is ClCc1nnc(NCC(C2CC2)C2CC2)o1. The van der Waals surface area contributed by atoms with Crippen molar-refractivity contribution < 1.29 is 4.42 Å². The number of hydrogen-bond acceptors (Lipinski definition) is 4. The van der Waals surface area contributed by atoms with Crippen LogP contribution in [0.15, 0.2) is 4.42 Å². The van der Waals surface area contributed by atoms with Crippen molar-refractivity contribution in [1.29, 1.82) is 0 Å². The summed E-state index contributed by atoms with van der Waals surface area (Å²) in [4.78, 5) is 0. The summed E-state index contributed by atoms with van der Waals surface area (Å²) in [7, 11) is 0. The zero-order valence-electron chi connectivity index (χ0n) is 9.16. The highest BCUT2D eigenvalue weighted by Crippen LogP contribution is 2.49. The summed E-state index contributed by atoms with van der Waals surface area (Å²) in [5.74, 6) is 3.46. The second-order valence-corrected chi connectivity index (χ2v) is 5.12. The maximum absolute atomic E-state index is 5.60. The average Bonchev–Trinajstić information content (AvgIpc) is 3.20. The van der Waals surface area contributed by atoms with E-state index in [4.69, 9.17) is 16.0 Å². The molecule has 2 saturated carbocycles. The first-order valence-corrected chi connectivity index (χ1v) is 6.52. The van der Waals surface area contributed by atoms with Gasteiger partial charge in [0.05, 0.1) is 0 Å². The van der Waals surface area contributed by atoms with E-state index >= 15 is 0 Å². The molecule has 5 heteroatoms. The molecular weight excluding hydrogens is 226 g/mol. The lowest BCUT2D eigenvalue weighted by atomic mass is 9.98. The lowest BCUT2D eigenvalue weighted by Gasteiger charge is -2.14. The van der Waals surface area contributed by atoms with Gasteiger partial charge in [-0.05, 0) is 43.4 Å². The van der Waals surface area contributed by atoms with Gasteiger partial charge in [-0.1, -0.05) is 5.10 Å². The topological polar surface area (TPSA) is 51.0 Å². The fourth-order valence-electron chi connectivity index (χ4n) is 2.35. The van der Waals surface area contributed by atoms with Crippen molar-refractivity contribution in [2.24, 2.45) is 17.8 Å². The Balaban J connectivity index is 1.53. The van der Waals surface area contributed by atoms with Crippen LogP contribution in [0.2, 0.25) is 0 Å². The first-order chi connectivity index (χ1) is 7.86. The van der Waals surface area contributed by atoms with Crippen molar-refractivity contribution in [3.05, 3.63) is 5.89 Å². The maximum Gasteiger partial charge on any atom is 0.315 e. The third-order valence-electron chi connectivity index (χ3n) is 3.53. The first-order valence-electron chi connectivity index (χ1n) is 5.99. The molecule has 2 aliphatic rings. The van der Waals surface area contributed by atoms with E-state index in [0.717, 1.165) is 24.3 Å². The van der Waals surface area contributed by atoms with E-state index in [0.29, 0.717) is 11.9 Å². The number of aromatic nitrogens is 2. The minimum absolute atomic E-state index is 0.281. The van der Waals surface area contributed by atoms with Crippen LogP contribution in [0.1, 0.15) is 31.6 Å². The Hall–Kier alpha value is -0.770. The zero-order valence-corrected chi connectivity index (χ0v) is 9.91. The molecule has 2 aliphatic carbocycles. The summed E-state index contributed by atoms with van der Waals surface area (Å²) in [5, 5.41) is 11.0. The van der Waals surface area contributed by atoms with Crippen LogP contribution in [0.3, 0.4) is 0 Å². The number of nitrogens with zero attached hydrogens (tertiary/aromatic N) is 2. The highest BCUT2D eigenvalue weighted by atomic mass is 35.5. The molecule has 0 bridgehead atoms. The Morgan fingerprint density at radius 1 is 1.25 bits per heavy atom. The fraction of sp³-hybridized carbons (Fsp3) is 0.818. The van der Waals surface area contributed by atoms with Crippen molar-refractivity contribution in [1.82, 2.24) is 10.2 Å². The van der Waals surface area contributed by atoms with Gasteiger partial charge in [0.1, 0.15) is 5.88 Å². The van der Waals surface area contributed by atoms with Crippen LogP contribution in [0, 0.1) is 17.8 Å². The standard InChI is InChI=1S/C11H16ClN3O/c12-5-10-14-15-11(16-10)13-6-9(7-1-2-7)8-3-4-8/h7-9H,1-6H2,(H,13,15). The quantitative estimate of drug-likeness (QED) is 0.778. The van der Waals surface area contributed by atoms with E-state index < -0.39 is 0 Å². The Morgan fingerprint density at radius 2 is 1.94 bits per heavy atom. The van der Waals surface area contributed by atoms with E-state index in [9.17, 15) is 0 Å². The predicted octanol–water partition coefficient (Wildman–Crippen LogP) is 2.66. The van der Waals surface area contributed by atoms with E-state index in [2.05, 4.69) is 15.5 Å². The third kappa shape index (κ3) is 2.32. The van der Waals surface area contributed by atoms with E-state index in [1.165, 1.54) is 25.7 Å². The van der Waals surface area contributed by atoms with Gasteiger partial charge < -0.3 is 9.73 Å². The van der Waals surface area contributed by atoms with E-state index in [1.807, 2.05) is 0 Å². The molecular formula is C11H16ClN3O. The summed E-state index contributed by atoms with van der Waals surface area (Å²) in [5.41, 5.74) is 0. The van der Waals surface area contributed by atoms with Gasteiger partial charge in [0.25, 0.3) is 0 Å². The fourth-order valence-corrected chi connectivity index (χ4v) is 2.46. The first kappa shape index (κ1) is 10.4. The molecule has 3 rings (SSSR count). The molecule has 1 aromatic heterocycles. The number of rotatable bonds is 6.